The Bertz CT molecular complexity index is 300. The first-order valence-electron chi connectivity index (χ1n) is 7.26. The minimum Gasteiger partial charge on any atom is -0.444 e. The van der Waals surface area contributed by atoms with Crippen LogP contribution >= 0.6 is 0 Å². The molecule has 5 heteroatoms. The minimum atomic E-state index is -0.411. The Morgan fingerprint density at radius 2 is 1.95 bits per heavy atom. The number of carbonyl (C=O) groups is 1. The van der Waals surface area contributed by atoms with Crippen LogP contribution in [0.25, 0.3) is 0 Å². The molecule has 0 aliphatic carbocycles. The molecule has 0 aromatic carbocycles. The molecule has 0 aromatic rings. The van der Waals surface area contributed by atoms with Gasteiger partial charge in [-0.25, -0.2) is 4.79 Å². The third-order valence-corrected chi connectivity index (χ3v) is 3.51. The standard InChI is InChI=1S/C14H26N2O3/c1-14(2,3)19-13(17)16-8-6-15(7-9-16)11-12-5-4-10-18-12/h12H,4-11H2,1-3H3. The molecule has 1 amide bonds. The average molecular weight is 270 g/mol. The highest BCUT2D eigenvalue weighted by atomic mass is 16.6. The number of carbonyl (C=O) groups excluding carboxylic acids is 1. The molecule has 0 bridgehead atoms. The molecule has 2 rings (SSSR count). The van der Waals surface area contributed by atoms with Gasteiger partial charge < -0.3 is 14.4 Å². The molecule has 19 heavy (non-hydrogen) atoms. The Kier molecular flexibility index (Phi) is 4.68. The maximum absolute atomic E-state index is 11.9. The van der Waals surface area contributed by atoms with Crippen molar-refractivity contribution in [3.63, 3.8) is 0 Å². The van der Waals surface area contributed by atoms with E-state index in [0.717, 1.165) is 39.3 Å². The number of ether oxygens (including phenoxy) is 2. The van der Waals surface area contributed by atoms with E-state index < -0.39 is 5.60 Å². The molecule has 2 fully saturated rings. The highest BCUT2D eigenvalue weighted by Crippen LogP contribution is 2.15. The van der Waals surface area contributed by atoms with Crippen LogP contribution in [0.4, 0.5) is 4.79 Å². The predicted octanol–water partition coefficient (Wildman–Crippen LogP) is 1.72. The van der Waals surface area contributed by atoms with Crippen LogP contribution in [0.3, 0.4) is 0 Å². The fourth-order valence-electron chi connectivity index (χ4n) is 2.52. The van der Waals surface area contributed by atoms with Crippen LogP contribution < -0.4 is 0 Å². The lowest BCUT2D eigenvalue weighted by Crippen LogP contribution is -2.51. The van der Waals surface area contributed by atoms with E-state index in [0.29, 0.717) is 6.10 Å². The van der Waals surface area contributed by atoms with Gasteiger partial charge in [-0.15, -0.1) is 0 Å². The van der Waals surface area contributed by atoms with E-state index in [1.807, 2.05) is 20.8 Å². The summed E-state index contributed by atoms with van der Waals surface area (Å²) in [6.45, 7) is 10.9. The van der Waals surface area contributed by atoms with Gasteiger partial charge in [0.25, 0.3) is 0 Å². The SMILES string of the molecule is CC(C)(C)OC(=O)N1CCN(CC2CCCO2)CC1. The number of hydrogen-bond donors (Lipinski definition) is 0. The summed E-state index contributed by atoms with van der Waals surface area (Å²) >= 11 is 0. The van der Waals surface area contributed by atoms with E-state index in [2.05, 4.69) is 4.90 Å². The second kappa shape index (κ2) is 6.09. The molecule has 0 radical (unpaired) electrons. The van der Waals surface area contributed by atoms with Crippen molar-refractivity contribution in [3.8, 4) is 0 Å². The monoisotopic (exact) mass is 270 g/mol. The lowest BCUT2D eigenvalue weighted by molar-refractivity contribution is 0.00805. The quantitative estimate of drug-likeness (QED) is 0.766. The van der Waals surface area contributed by atoms with Crippen molar-refractivity contribution in [2.45, 2.75) is 45.3 Å². The van der Waals surface area contributed by atoms with Gasteiger partial charge in [-0.05, 0) is 33.6 Å². The van der Waals surface area contributed by atoms with Crippen LogP contribution in [0.2, 0.25) is 0 Å². The fourth-order valence-corrected chi connectivity index (χ4v) is 2.52. The van der Waals surface area contributed by atoms with Crippen molar-refractivity contribution in [2.75, 3.05) is 39.3 Å². The van der Waals surface area contributed by atoms with Crippen molar-refractivity contribution in [2.24, 2.45) is 0 Å². The van der Waals surface area contributed by atoms with E-state index in [9.17, 15) is 4.79 Å². The van der Waals surface area contributed by atoms with Gasteiger partial charge in [-0.3, -0.25) is 4.90 Å². The van der Waals surface area contributed by atoms with E-state index in [4.69, 9.17) is 9.47 Å². The topological polar surface area (TPSA) is 42.0 Å². The van der Waals surface area contributed by atoms with Crippen molar-refractivity contribution in [3.05, 3.63) is 0 Å². The van der Waals surface area contributed by atoms with Gasteiger partial charge in [0.05, 0.1) is 6.10 Å². The zero-order chi connectivity index (χ0) is 13.9. The van der Waals surface area contributed by atoms with E-state index in [1.165, 1.54) is 12.8 Å². The van der Waals surface area contributed by atoms with Gasteiger partial charge in [0.15, 0.2) is 0 Å². The summed E-state index contributed by atoms with van der Waals surface area (Å²) < 4.78 is 11.0. The van der Waals surface area contributed by atoms with Gasteiger partial charge in [0.1, 0.15) is 5.60 Å². The number of nitrogens with zero attached hydrogens (tertiary/aromatic N) is 2. The van der Waals surface area contributed by atoms with Crippen LogP contribution in [-0.4, -0.2) is 66.9 Å². The Labute approximate surface area is 115 Å². The number of amides is 1. The van der Waals surface area contributed by atoms with Crippen molar-refractivity contribution in [1.29, 1.82) is 0 Å². The maximum atomic E-state index is 11.9. The van der Waals surface area contributed by atoms with Gasteiger partial charge >= 0.3 is 6.09 Å². The first-order chi connectivity index (χ1) is 8.94. The van der Waals surface area contributed by atoms with E-state index in [1.54, 1.807) is 4.90 Å². The summed E-state index contributed by atoms with van der Waals surface area (Å²) in [4.78, 5) is 16.1. The molecular weight excluding hydrogens is 244 g/mol. The van der Waals surface area contributed by atoms with E-state index in [-0.39, 0.29) is 6.09 Å². The first-order valence-corrected chi connectivity index (χ1v) is 7.26. The molecule has 1 atom stereocenters. The Balaban J connectivity index is 1.71. The zero-order valence-corrected chi connectivity index (χ0v) is 12.4. The molecule has 2 saturated heterocycles. The number of rotatable bonds is 2. The maximum Gasteiger partial charge on any atom is 0.410 e. The summed E-state index contributed by atoms with van der Waals surface area (Å²) in [6, 6.07) is 0. The molecule has 5 nitrogen and oxygen atoms in total. The van der Waals surface area contributed by atoms with Gasteiger partial charge in [0, 0.05) is 39.3 Å². The van der Waals surface area contributed by atoms with Crippen LogP contribution in [-0.2, 0) is 9.47 Å². The number of hydrogen-bond acceptors (Lipinski definition) is 4. The van der Waals surface area contributed by atoms with E-state index >= 15 is 0 Å². The lowest BCUT2D eigenvalue weighted by atomic mass is 10.2. The smallest absolute Gasteiger partial charge is 0.410 e. The molecule has 0 N–H and O–H groups in total. The largest absolute Gasteiger partial charge is 0.444 e. The number of piperazine rings is 1. The molecule has 2 aliphatic rings. The molecule has 1 unspecified atom stereocenters. The Morgan fingerprint density at radius 1 is 1.26 bits per heavy atom. The molecule has 2 aliphatic heterocycles. The molecule has 110 valence electrons. The fraction of sp³-hybridized carbons (Fsp3) is 0.929. The van der Waals surface area contributed by atoms with Crippen molar-refractivity contribution < 1.29 is 14.3 Å². The van der Waals surface area contributed by atoms with Crippen LogP contribution in [0.15, 0.2) is 0 Å². The summed E-state index contributed by atoms with van der Waals surface area (Å²) in [5.41, 5.74) is -0.411. The predicted molar refractivity (Wildman–Crippen MR) is 73.2 cm³/mol. The zero-order valence-electron chi connectivity index (χ0n) is 12.4. The average Bonchev–Trinajstić information content (AvgIpc) is 2.80. The van der Waals surface area contributed by atoms with Crippen molar-refractivity contribution in [1.82, 2.24) is 9.80 Å². The Hall–Kier alpha value is -0.810. The highest BCUT2D eigenvalue weighted by Gasteiger charge is 2.27. The van der Waals surface area contributed by atoms with Gasteiger partial charge in [0.2, 0.25) is 0 Å². The van der Waals surface area contributed by atoms with Crippen LogP contribution in [0.5, 0.6) is 0 Å². The molecular formula is C14H26N2O3. The van der Waals surface area contributed by atoms with Crippen LogP contribution in [0.1, 0.15) is 33.6 Å². The summed E-state index contributed by atoms with van der Waals surface area (Å²) in [7, 11) is 0. The second-order valence-corrected chi connectivity index (χ2v) is 6.40. The third-order valence-electron chi connectivity index (χ3n) is 3.51. The normalized spacial score (nSPS) is 25.6. The van der Waals surface area contributed by atoms with Crippen molar-refractivity contribution >= 4 is 6.09 Å². The van der Waals surface area contributed by atoms with Crippen LogP contribution in [0, 0.1) is 0 Å². The highest BCUT2D eigenvalue weighted by molar-refractivity contribution is 5.68. The summed E-state index contributed by atoms with van der Waals surface area (Å²) in [5.74, 6) is 0. The lowest BCUT2D eigenvalue weighted by Gasteiger charge is -2.36. The molecule has 0 aromatic heterocycles. The summed E-state index contributed by atoms with van der Waals surface area (Å²) in [6.07, 6.45) is 2.56. The molecule has 2 heterocycles. The molecule has 0 saturated carbocycles. The second-order valence-electron chi connectivity index (χ2n) is 6.40. The molecule has 0 spiro atoms. The third kappa shape index (κ3) is 4.66. The summed E-state index contributed by atoms with van der Waals surface area (Å²) in [5, 5.41) is 0. The van der Waals surface area contributed by atoms with Gasteiger partial charge in [-0.1, -0.05) is 0 Å². The minimum absolute atomic E-state index is 0.190. The Morgan fingerprint density at radius 3 is 2.47 bits per heavy atom. The first kappa shape index (κ1) is 14.6. The van der Waals surface area contributed by atoms with Gasteiger partial charge in [-0.2, -0.15) is 0 Å².